The summed E-state index contributed by atoms with van der Waals surface area (Å²) in [7, 11) is 4.41. The van der Waals surface area contributed by atoms with Crippen molar-refractivity contribution in [1.29, 1.82) is 0 Å². The van der Waals surface area contributed by atoms with Crippen molar-refractivity contribution >= 4 is 17.7 Å². The van der Waals surface area contributed by atoms with E-state index in [2.05, 4.69) is 80.9 Å². The second-order valence-electron chi connectivity index (χ2n) is 5.87. The van der Waals surface area contributed by atoms with E-state index in [0.29, 0.717) is 0 Å². The second-order valence-corrected chi connectivity index (χ2v) is 5.87. The highest BCUT2D eigenvalue weighted by Crippen LogP contribution is 2.33. The Bertz CT molecular complexity index is 647. The third kappa shape index (κ3) is 3.49. The highest BCUT2D eigenvalue weighted by atomic mass is 35.5. The summed E-state index contributed by atoms with van der Waals surface area (Å²) < 4.78 is 0. The van der Waals surface area contributed by atoms with Crippen LogP contribution in [-0.2, 0) is 0 Å². The van der Waals surface area contributed by atoms with Gasteiger partial charge in [0.05, 0.1) is 20.6 Å². The summed E-state index contributed by atoms with van der Waals surface area (Å²) in [5.41, 5.74) is 6.65. The average Bonchev–Trinajstić information content (AvgIpc) is 2.65. The van der Waals surface area contributed by atoms with Gasteiger partial charge >= 0.3 is 0 Å². The third-order valence-electron chi connectivity index (χ3n) is 3.94. The highest BCUT2D eigenvalue weighted by Gasteiger charge is 2.13. The van der Waals surface area contributed by atoms with Crippen LogP contribution in [0.15, 0.2) is 54.6 Å². The minimum Gasteiger partial charge on any atom is -1.00 e. The molecule has 0 spiro atoms. The van der Waals surface area contributed by atoms with E-state index >= 15 is 0 Å². The molecule has 0 saturated heterocycles. The van der Waals surface area contributed by atoms with Crippen molar-refractivity contribution in [1.82, 2.24) is 0 Å². The summed E-state index contributed by atoms with van der Waals surface area (Å²) in [6.45, 7) is 1.15. The zero-order valence-electron chi connectivity index (χ0n) is 13.1. The number of quaternary nitrogens is 1. The maximum absolute atomic E-state index is 2.40. The normalized spacial score (nSPS) is 12.2. The van der Waals surface area contributed by atoms with Crippen LogP contribution < -0.4 is 17.3 Å². The Kier molecular flexibility index (Phi) is 5.59. The van der Waals surface area contributed by atoms with Crippen molar-refractivity contribution in [2.24, 2.45) is 0 Å². The predicted molar refractivity (Wildman–Crippen MR) is 91.2 cm³/mol. The molecule has 0 amide bonds. The molecular formula is C20H22ClN. The Morgan fingerprint density at radius 3 is 1.82 bits per heavy atom. The molecule has 2 aromatic carbocycles. The van der Waals surface area contributed by atoms with Gasteiger partial charge in [0.1, 0.15) is 0 Å². The molecule has 0 atom stereocenters. The Labute approximate surface area is 139 Å². The molecule has 2 heteroatoms. The molecule has 0 fully saturated rings. The monoisotopic (exact) mass is 311 g/mol. The molecule has 114 valence electrons. The largest absolute Gasteiger partial charge is 1.00 e. The Morgan fingerprint density at radius 1 is 0.818 bits per heavy atom. The number of hydrogen-bond acceptors (Lipinski definition) is 0. The van der Waals surface area contributed by atoms with Gasteiger partial charge in [0, 0.05) is 6.42 Å². The molecule has 1 aliphatic rings. The van der Waals surface area contributed by atoms with Crippen LogP contribution in [0.4, 0.5) is 0 Å². The Hall–Kier alpha value is -1.83. The standard InChI is InChI=1S/C20H21N.ClH/c1-21(2)15-7-12-20-18-10-5-3-8-16(18)13-14-17-9-4-6-11-19(17)20;/h3-6,8-14H,7,15H2,1-2H3;1H. The molecule has 0 aromatic heterocycles. The van der Waals surface area contributed by atoms with Crippen molar-refractivity contribution in [3.8, 4) is 0 Å². The molecule has 0 saturated carbocycles. The van der Waals surface area contributed by atoms with E-state index < -0.39 is 0 Å². The second kappa shape index (κ2) is 7.44. The fourth-order valence-corrected chi connectivity index (χ4v) is 2.82. The maximum Gasteiger partial charge on any atom is 0.0802 e. The van der Waals surface area contributed by atoms with Gasteiger partial charge in [-0.05, 0) is 27.8 Å². The van der Waals surface area contributed by atoms with Gasteiger partial charge in [-0.25, -0.2) is 0 Å². The molecule has 1 nitrogen and oxygen atoms in total. The van der Waals surface area contributed by atoms with Gasteiger partial charge in [-0.2, -0.15) is 0 Å². The average molecular weight is 312 g/mol. The zero-order valence-corrected chi connectivity index (χ0v) is 13.9. The van der Waals surface area contributed by atoms with Gasteiger partial charge in [-0.3, -0.25) is 0 Å². The van der Waals surface area contributed by atoms with Crippen molar-refractivity contribution in [2.45, 2.75) is 6.42 Å². The summed E-state index contributed by atoms with van der Waals surface area (Å²) in [6, 6.07) is 17.3. The van der Waals surface area contributed by atoms with E-state index in [9.17, 15) is 0 Å². The first-order valence-electron chi connectivity index (χ1n) is 7.62. The number of benzene rings is 2. The fourth-order valence-electron chi connectivity index (χ4n) is 2.82. The van der Waals surface area contributed by atoms with Gasteiger partial charge in [-0.1, -0.05) is 66.8 Å². The minimum absolute atomic E-state index is 0. The summed E-state index contributed by atoms with van der Waals surface area (Å²) in [4.78, 5) is 1.49. The molecule has 3 rings (SSSR count). The number of hydrogen-bond donors (Lipinski definition) is 1. The Balaban J connectivity index is 0.00000176. The van der Waals surface area contributed by atoms with Crippen LogP contribution in [0.25, 0.3) is 17.7 Å². The number of rotatable bonds is 3. The van der Waals surface area contributed by atoms with Crippen molar-refractivity contribution < 1.29 is 17.3 Å². The molecular weight excluding hydrogens is 290 g/mol. The van der Waals surface area contributed by atoms with Crippen molar-refractivity contribution in [3.63, 3.8) is 0 Å². The van der Waals surface area contributed by atoms with E-state index in [1.165, 1.54) is 32.7 Å². The smallest absolute Gasteiger partial charge is 0.0802 e. The lowest BCUT2D eigenvalue weighted by molar-refractivity contribution is -0.857. The van der Waals surface area contributed by atoms with Crippen molar-refractivity contribution in [2.75, 3.05) is 20.6 Å². The van der Waals surface area contributed by atoms with Crippen LogP contribution >= 0.6 is 0 Å². The van der Waals surface area contributed by atoms with Crippen LogP contribution in [0, 0.1) is 0 Å². The molecule has 22 heavy (non-hydrogen) atoms. The number of halogens is 1. The van der Waals surface area contributed by atoms with Gasteiger partial charge in [0.25, 0.3) is 0 Å². The van der Waals surface area contributed by atoms with E-state index in [1.807, 2.05) is 0 Å². The van der Waals surface area contributed by atoms with Crippen LogP contribution in [0.3, 0.4) is 0 Å². The molecule has 0 unspecified atom stereocenters. The lowest BCUT2D eigenvalue weighted by Crippen LogP contribution is -3.05. The van der Waals surface area contributed by atoms with Crippen molar-refractivity contribution in [3.05, 3.63) is 76.9 Å². The fraction of sp³-hybridized carbons (Fsp3) is 0.200. The van der Waals surface area contributed by atoms with Crippen LogP contribution in [0.5, 0.6) is 0 Å². The molecule has 0 radical (unpaired) electrons. The van der Waals surface area contributed by atoms with E-state index in [0.717, 1.165) is 13.0 Å². The lowest BCUT2D eigenvalue weighted by atomic mass is 9.93. The maximum atomic E-state index is 2.40. The van der Waals surface area contributed by atoms with E-state index in [1.54, 1.807) is 0 Å². The lowest BCUT2D eigenvalue weighted by Gasteiger charge is -2.12. The van der Waals surface area contributed by atoms with Gasteiger partial charge in [-0.15, -0.1) is 0 Å². The predicted octanol–water partition coefficient (Wildman–Crippen LogP) is 0.141. The van der Waals surface area contributed by atoms with Gasteiger partial charge < -0.3 is 17.3 Å². The van der Waals surface area contributed by atoms with Crippen LogP contribution in [-0.4, -0.2) is 20.6 Å². The number of fused-ring (bicyclic) bond motifs is 2. The molecule has 2 aromatic rings. The third-order valence-corrected chi connectivity index (χ3v) is 3.94. The molecule has 1 aliphatic carbocycles. The molecule has 0 aliphatic heterocycles. The first kappa shape index (κ1) is 16.5. The summed E-state index contributed by atoms with van der Waals surface area (Å²) in [5.74, 6) is 0. The zero-order chi connectivity index (χ0) is 14.7. The van der Waals surface area contributed by atoms with E-state index in [4.69, 9.17) is 0 Å². The summed E-state index contributed by atoms with van der Waals surface area (Å²) >= 11 is 0. The number of nitrogens with one attached hydrogen (secondary N) is 1. The topological polar surface area (TPSA) is 4.44 Å². The summed E-state index contributed by atoms with van der Waals surface area (Å²) in [6.07, 6.45) is 7.95. The minimum atomic E-state index is 0. The van der Waals surface area contributed by atoms with Gasteiger partial charge in [0.2, 0.25) is 0 Å². The molecule has 0 bridgehead atoms. The molecule has 0 heterocycles. The van der Waals surface area contributed by atoms with Crippen LogP contribution in [0.2, 0.25) is 0 Å². The van der Waals surface area contributed by atoms with Gasteiger partial charge in [0.15, 0.2) is 0 Å². The quantitative estimate of drug-likeness (QED) is 0.702. The highest BCUT2D eigenvalue weighted by molar-refractivity contribution is 5.93. The summed E-state index contributed by atoms with van der Waals surface area (Å²) in [5, 5.41) is 0. The van der Waals surface area contributed by atoms with Crippen LogP contribution in [0.1, 0.15) is 28.7 Å². The first-order chi connectivity index (χ1) is 10.3. The SMILES string of the molecule is C[NH+](C)CCC=C1c2ccccc2C=Cc2ccccc21.[Cl-]. The molecule has 1 N–H and O–H groups in total. The first-order valence-corrected chi connectivity index (χ1v) is 7.62. The Morgan fingerprint density at radius 2 is 1.32 bits per heavy atom. The van der Waals surface area contributed by atoms with E-state index in [-0.39, 0.29) is 12.4 Å².